The Bertz CT molecular complexity index is 1190. The summed E-state index contributed by atoms with van der Waals surface area (Å²) in [6, 6.07) is 15.1. The van der Waals surface area contributed by atoms with Gasteiger partial charge in [0.15, 0.2) is 0 Å². The zero-order valence-electron chi connectivity index (χ0n) is 23.2. The first-order chi connectivity index (χ1) is 18.1. The van der Waals surface area contributed by atoms with Crippen molar-refractivity contribution in [2.45, 2.75) is 53.1 Å². The van der Waals surface area contributed by atoms with Gasteiger partial charge in [-0.2, -0.15) is 4.31 Å². The van der Waals surface area contributed by atoms with Crippen molar-refractivity contribution in [3.05, 3.63) is 65.2 Å². The molecule has 2 aromatic carbocycles. The van der Waals surface area contributed by atoms with Crippen molar-refractivity contribution in [2.75, 3.05) is 39.0 Å². The summed E-state index contributed by atoms with van der Waals surface area (Å²) in [7, 11) is -1.98. The monoisotopic (exact) mass is 543 g/mol. The van der Waals surface area contributed by atoms with Gasteiger partial charge in [0.05, 0.1) is 25.0 Å². The summed E-state index contributed by atoms with van der Waals surface area (Å²) >= 11 is 0. The second kappa shape index (κ2) is 13.2. The van der Waals surface area contributed by atoms with E-state index in [9.17, 15) is 18.0 Å². The average Bonchev–Trinajstić information content (AvgIpc) is 2.91. The molecule has 0 unspecified atom stereocenters. The molecular weight excluding hydrogens is 502 g/mol. The molecule has 3 rings (SSSR count). The van der Waals surface area contributed by atoms with Crippen molar-refractivity contribution in [3.63, 3.8) is 0 Å². The number of sulfonamides is 1. The maximum atomic E-state index is 13.7. The fourth-order valence-electron chi connectivity index (χ4n) is 4.79. The largest absolute Gasteiger partial charge is 0.496 e. The molecule has 0 bridgehead atoms. The molecule has 1 aliphatic heterocycles. The van der Waals surface area contributed by atoms with Gasteiger partial charge in [-0.25, -0.2) is 8.42 Å². The number of carbonyl (C=O) groups is 2. The molecule has 1 heterocycles. The van der Waals surface area contributed by atoms with E-state index in [1.807, 2.05) is 62.1 Å². The minimum atomic E-state index is -3.53. The van der Waals surface area contributed by atoms with Crippen molar-refractivity contribution in [3.8, 4) is 5.75 Å². The second-order valence-electron chi connectivity index (χ2n) is 10.3. The van der Waals surface area contributed by atoms with Crippen LogP contribution >= 0.6 is 0 Å². The lowest BCUT2D eigenvalue weighted by Crippen LogP contribution is -2.51. The van der Waals surface area contributed by atoms with Gasteiger partial charge in [0.1, 0.15) is 5.75 Å². The van der Waals surface area contributed by atoms with Gasteiger partial charge < -0.3 is 14.5 Å². The van der Waals surface area contributed by atoms with Gasteiger partial charge >= 0.3 is 0 Å². The number of hydrogen-bond donors (Lipinski definition) is 0. The number of amides is 2. The fourth-order valence-corrected chi connectivity index (χ4v) is 5.99. The molecule has 1 fully saturated rings. The van der Waals surface area contributed by atoms with Gasteiger partial charge in [0.2, 0.25) is 15.9 Å². The molecule has 0 aliphatic carbocycles. The number of ether oxygens (including phenoxy) is 1. The normalized spacial score (nSPS) is 14.7. The number of aryl methyl sites for hydroxylation is 1. The Morgan fingerprint density at radius 2 is 1.68 bits per heavy atom. The van der Waals surface area contributed by atoms with E-state index in [1.54, 1.807) is 31.1 Å². The second-order valence-corrected chi connectivity index (χ2v) is 12.6. The predicted molar refractivity (Wildman–Crippen MR) is 150 cm³/mol. The van der Waals surface area contributed by atoms with Crippen LogP contribution in [-0.4, -0.2) is 79.4 Å². The Kier molecular flexibility index (Phi) is 10.3. The summed E-state index contributed by atoms with van der Waals surface area (Å²) in [5.41, 5.74) is 2.65. The first kappa shape index (κ1) is 29.6. The van der Waals surface area contributed by atoms with E-state index in [0.717, 1.165) is 11.1 Å². The highest BCUT2D eigenvalue weighted by molar-refractivity contribution is 7.89. The van der Waals surface area contributed by atoms with Gasteiger partial charge in [0, 0.05) is 32.2 Å². The molecule has 0 N–H and O–H groups in total. The summed E-state index contributed by atoms with van der Waals surface area (Å²) in [6.07, 6.45) is 1.23. The predicted octanol–water partition coefficient (Wildman–Crippen LogP) is 3.94. The maximum absolute atomic E-state index is 13.7. The van der Waals surface area contributed by atoms with Gasteiger partial charge in [-0.1, -0.05) is 55.8 Å². The summed E-state index contributed by atoms with van der Waals surface area (Å²) in [4.78, 5) is 30.5. The van der Waals surface area contributed by atoms with Crippen LogP contribution in [-0.2, 0) is 21.4 Å². The number of carbonyl (C=O) groups excluding carboxylic acids is 2. The highest BCUT2D eigenvalue weighted by Crippen LogP contribution is 2.25. The number of likely N-dealkylation sites (tertiary alicyclic amines) is 1. The molecule has 9 heteroatoms. The molecule has 38 heavy (non-hydrogen) atoms. The van der Waals surface area contributed by atoms with E-state index in [4.69, 9.17) is 4.74 Å². The molecule has 0 saturated carbocycles. The third-order valence-electron chi connectivity index (χ3n) is 6.96. The molecule has 0 spiro atoms. The van der Waals surface area contributed by atoms with E-state index >= 15 is 0 Å². The molecular formula is C29H41N3O5S. The average molecular weight is 544 g/mol. The van der Waals surface area contributed by atoms with Crippen LogP contribution in [0.4, 0.5) is 0 Å². The quantitative estimate of drug-likeness (QED) is 0.428. The van der Waals surface area contributed by atoms with Crippen molar-refractivity contribution < 1.29 is 22.7 Å². The Hall–Kier alpha value is -2.91. The van der Waals surface area contributed by atoms with E-state index in [-0.39, 0.29) is 36.1 Å². The lowest BCUT2D eigenvalue weighted by atomic mass is 10.0. The van der Waals surface area contributed by atoms with Gasteiger partial charge in [-0.05, 0) is 50.3 Å². The highest BCUT2D eigenvalue weighted by Gasteiger charge is 2.33. The Labute approximate surface area is 227 Å². The van der Waals surface area contributed by atoms with Crippen LogP contribution in [0.25, 0.3) is 0 Å². The molecule has 0 atom stereocenters. The first-order valence-corrected chi connectivity index (χ1v) is 14.9. The molecule has 2 aromatic rings. The number of benzene rings is 2. The molecule has 208 valence electrons. The van der Waals surface area contributed by atoms with Gasteiger partial charge in [0.25, 0.3) is 5.91 Å². The van der Waals surface area contributed by atoms with E-state index in [1.165, 1.54) is 4.31 Å². The van der Waals surface area contributed by atoms with Crippen LogP contribution in [0, 0.1) is 12.8 Å². The number of rotatable bonds is 11. The lowest BCUT2D eigenvalue weighted by molar-refractivity contribution is -0.135. The molecule has 1 aliphatic rings. The standard InChI is InChI=1S/C29H41N3O5S/c1-6-38(35,36)31(19-22(2)3)21-28(33)32(20-24-13-11-23(4)12-14-24)25-15-17-30(18-16-25)29(34)26-9-7-8-10-27(26)37-5/h7-14,22,25H,6,15-21H2,1-5H3. The summed E-state index contributed by atoms with van der Waals surface area (Å²) < 4.78 is 32.2. The molecule has 8 nitrogen and oxygen atoms in total. The zero-order chi connectivity index (χ0) is 27.9. The Balaban J connectivity index is 1.79. The number of para-hydroxylation sites is 1. The molecule has 2 amide bonds. The van der Waals surface area contributed by atoms with Gasteiger partial charge in [-0.15, -0.1) is 0 Å². The van der Waals surface area contributed by atoms with Crippen molar-refractivity contribution in [2.24, 2.45) is 5.92 Å². The van der Waals surface area contributed by atoms with Crippen LogP contribution in [0.1, 0.15) is 55.1 Å². The summed E-state index contributed by atoms with van der Waals surface area (Å²) in [5.74, 6) is 0.290. The van der Waals surface area contributed by atoms with Crippen LogP contribution < -0.4 is 4.74 Å². The van der Waals surface area contributed by atoms with Crippen molar-refractivity contribution in [1.29, 1.82) is 0 Å². The number of piperidine rings is 1. The van der Waals surface area contributed by atoms with E-state index < -0.39 is 10.0 Å². The molecule has 1 saturated heterocycles. The van der Waals surface area contributed by atoms with Crippen LogP contribution in [0.15, 0.2) is 48.5 Å². The third kappa shape index (κ3) is 7.57. The third-order valence-corrected chi connectivity index (χ3v) is 8.76. The van der Waals surface area contributed by atoms with Crippen LogP contribution in [0.3, 0.4) is 0 Å². The van der Waals surface area contributed by atoms with Gasteiger partial charge in [-0.3, -0.25) is 9.59 Å². The van der Waals surface area contributed by atoms with E-state index in [0.29, 0.717) is 50.3 Å². The number of nitrogens with zero attached hydrogens (tertiary/aromatic N) is 3. The Morgan fingerprint density at radius 1 is 1.05 bits per heavy atom. The lowest BCUT2D eigenvalue weighted by Gasteiger charge is -2.39. The van der Waals surface area contributed by atoms with Crippen LogP contribution in [0.2, 0.25) is 0 Å². The Morgan fingerprint density at radius 3 is 2.26 bits per heavy atom. The summed E-state index contributed by atoms with van der Waals surface area (Å²) in [5, 5.41) is 0. The number of hydrogen-bond acceptors (Lipinski definition) is 5. The topological polar surface area (TPSA) is 87.2 Å². The summed E-state index contributed by atoms with van der Waals surface area (Å²) in [6.45, 7) is 9.03. The maximum Gasteiger partial charge on any atom is 0.257 e. The van der Waals surface area contributed by atoms with Crippen molar-refractivity contribution >= 4 is 21.8 Å². The minimum Gasteiger partial charge on any atom is -0.496 e. The van der Waals surface area contributed by atoms with Crippen molar-refractivity contribution in [1.82, 2.24) is 14.1 Å². The highest BCUT2D eigenvalue weighted by atomic mass is 32.2. The first-order valence-electron chi connectivity index (χ1n) is 13.3. The number of methoxy groups -OCH3 is 1. The SMILES string of the molecule is CCS(=O)(=O)N(CC(=O)N(Cc1ccc(C)cc1)C1CCN(C(=O)c2ccccc2OC)CC1)CC(C)C. The fraction of sp³-hybridized carbons (Fsp3) is 0.517. The minimum absolute atomic E-state index is 0.0472. The smallest absolute Gasteiger partial charge is 0.257 e. The molecule has 0 radical (unpaired) electrons. The van der Waals surface area contributed by atoms with Crippen LogP contribution in [0.5, 0.6) is 5.75 Å². The van der Waals surface area contributed by atoms with E-state index in [2.05, 4.69) is 0 Å². The molecule has 0 aromatic heterocycles. The zero-order valence-corrected chi connectivity index (χ0v) is 24.0.